The van der Waals surface area contributed by atoms with Crippen molar-refractivity contribution in [1.82, 2.24) is 0 Å². The van der Waals surface area contributed by atoms with Gasteiger partial charge in [-0.05, 0) is 68.3 Å². The smallest absolute Gasteiger partial charge is 0.159 e. The molecule has 170 valence electrons. The molecule has 3 nitrogen and oxygen atoms in total. The van der Waals surface area contributed by atoms with Crippen LogP contribution in [0.1, 0.15) is 48.7 Å². The summed E-state index contributed by atoms with van der Waals surface area (Å²) in [5, 5.41) is 3.90. The monoisotopic (exact) mass is 458 g/mol. The number of aryl methyl sites for hydroxylation is 1. The van der Waals surface area contributed by atoms with Crippen molar-refractivity contribution in [2.24, 2.45) is 4.99 Å². The number of Topliss-reactive ketones (excluding diaryl/α,β-unsaturated/α-hetero) is 1. The highest BCUT2D eigenvalue weighted by Gasteiger charge is 2.03. The highest BCUT2D eigenvalue weighted by molar-refractivity contribution is 6.30. The first kappa shape index (κ1) is 25.8. The Labute approximate surface area is 202 Å². The number of amidine groups is 1. The van der Waals surface area contributed by atoms with E-state index in [1.54, 1.807) is 25.1 Å². The summed E-state index contributed by atoms with van der Waals surface area (Å²) in [4.78, 5) is 15.9. The first-order valence-corrected chi connectivity index (χ1v) is 11.4. The van der Waals surface area contributed by atoms with Crippen LogP contribution in [0.5, 0.6) is 0 Å². The Kier molecular flexibility index (Phi) is 10.9. The Morgan fingerprint density at radius 1 is 0.939 bits per heavy atom. The fourth-order valence-electron chi connectivity index (χ4n) is 3.07. The van der Waals surface area contributed by atoms with E-state index in [1.165, 1.54) is 18.4 Å². The van der Waals surface area contributed by atoms with Gasteiger partial charge in [-0.1, -0.05) is 80.1 Å². The van der Waals surface area contributed by atoms with Crippen LogP contribution in [-0.4, -0.2) is 11.6 Å². The van der Waals surface area contributed by atoms with E-state index in [0.717, 1.165) is 22.8 Å². The SMILES string of the molecule is C=C/C=C(\N=C(C)Nc1ccc(C(C)=O)cc1)c1ccc(Cl)cc1.CCCc1ccccc1. The Bertz CT molecular complexity index is 1080. The molecule has 3 aromatic rings. The lowest BCUT2D eigenvalue weighted by Crippen LogP contribution is -2.07. The molecule has 0 spiro atoms. The van der Waals surface area contributed by atoms with Crippen molar-refractivity contribution in [2.45, 2.75) is 33.6 Å². The first-order chi connectivity index (χ1) is 15.9. The molecule has 3 aromatic carbocycles. The van der Waals surface area contributed by atoms with Crippen LogP contribution >= 0.6 is 11.6 Å². The fraction of sp³-hybridized carbons (Fsp3) is 0.172. The van der Waals surface area contributed by atoms with Crippen LogP contribution in [0.25, 0.3) is 5.70 Å². The van der Waals surface area contributed by atoms with E-state index in [9.17, 15) is 4.79 Å². The van der Waals surface area contributed by atoms with Gasteiger partial charge < -0.3 is 5.32 Å². The summed E-state index contributed by atoms with van der Waals surface area (Å²) < 4.78 is 0. The minimum Gasteiger partial charge on any atom is -0.344 e. The van der Waals surface area contributed by atoms with Crippen LogP contribution in [0.4, 0.5) is 5.69 Å². The van der Waals surface area contributed by atoms with E-state index in [0.29, 0.717) is 10.6 Å². The molecule has 33 heavy (non-hydrogen) atoms. The number of carbonyl (C=O) groups excluding carboxylic acids is 1. The third-order valence-corrected chi connectivity index (χ3v) is 4.95. The van der Waals surface area contributed by atoms with Crippen molar-refractivity contribution in [3.8, 4) is 0 Å². The largest absolute Gasteiger partial charge is 0.344 e. The van der Waals surface area contributed by atoms with Gasteiger partial charge in [0.1, 0.15) is 5.84 Å². The van der Waals surface area contributed by atoms with Crippen LogP contribution in [0.2, 0.25) is 5.02 Å². The molecular formula is C29H31ClN2O. The van der Waals surface area contributed by atoms with Gasteiger partial charge in [-0.15, -0.1) is 0 Å². The van der Waals surface area contributed by atoms with Gasteiger partial charge in [0.2, 0.25) is 0 Å². The number of hydrogen-bond acceptors (Lipinski definition) is 2. The summed E-state index contributed by atoms with van der Waals surface area (Å²) in [7, 11) is 0. The van der Waals surface area contributed by atoms with E-state index in [-0.39, 0.29) is 5.78 Å². The molecule has 0 fully saturated rings. The summed E-state index contributed by atoms with van der Waals surface area (Å²) >= 11 is 5.93. The van der Waals surface area contributed by atoms with Gasteiger partial charge in [-0.3, -0.25) is 4.79 Å². The van der Waals surface area contributed by atoms with Crippen LogP contribution in [0, 0.1) is 0 Å². The number of benzene rings is 3. The van der Waals surface area contributed by atoms with Crippen molar-refractivity contribution < 1.29 is 4.79 Å². The predicted octanol–water partition coefficient (Wildman–Crippen LogP) is 8.24. The van der Waals surface area contributed by atoms with Crippen LogP contribution in [0.15, 0.2) is 103 Å². The van der Waals surface area contributed by atoms with Gasteiger partial charge in [0.15, 0.2) is 5.78 Å². The van der Waals surface area contributed by atoms with Gasteiger partial charge in [-0.25, -0.2) is 4.99 Å². The van der Waals surface area contributed by atoms with E-state index < -0.39 is 0 Å². The predicted molar refractivity (Wildman–Crippen MR) is 143 cm³/mol. The number of carbonyl (C=O) groups is 1. The molecule has 0 aliphatic carbocycles. The van der Waals surface area contributed by atoms with Crippen LogP contribution in [0.3, 0.4) is 0 Å². The summed E-state index contributed by atoms with van der Waals surface area (Å²) in [6.45, 7) is 9.37. The van der Waals surface area contributed by atoms with Crippen molar-refractivity contribution in [3.05, 3.63) is 119 Å². The van der Waals surface area contributed by atoms with Crippen LogP contribution < -0.4 is 5.32 Å². The third-order valence-electron chi connectivity index (χ3n) is 4.70. The number of halogens is 1. The molecular weight excluding hydrogens is 428 g/mol. The Morgan fingerprint density at radius 2 is 1.55 bits per heavy atom. The van der Waals surface area contributed by atoms with Crippen LogP contribution in [-0.2, 0) is 6.42 Å². The van der Waals surface area contributed by atoms with E-state index in [1.807, 2.05) is 49.4 Å². The number of allylic oxidation sites excluding steroid dienone is 2. The number of aliphatic imine (C=N–C) groups is 1. The number of hydrogen-bond donors (Lipinski definition) is 1. The summed E-state index contributed by atoms with van der Waals surface area (Å²) in [5.74, 6) is 0.777. The molecule has 0 saturated carbocycles. The van der Waals surface area contributed by atoms with Crippen molar-refractivity contribution in [3.63, 3.8) is 0 Å². The first-order valence-electron chi connectivity index (χ1n) is 11.0. The molecule has 4 heteroatoms. The number of nitrogens with zero attached hydrogens (tertiary/aromatic N) is 1. The van der Waals surface area contributed by atoms with Gasteiger partial charge in [0.05, 0.1) is 5.70 Å². The Balaban J connectivity index is 0.000000357. The van der Waals surface area contributed by atoms with Crippen molar-refractivity contribution in [2.75, 3.05) is 5.32 Å². The molecule has 0 atom stereocenters. The summed E-state index contributed by atoms with van der Waals surface area (Å²) in [6, 6.07) is 25.3. The second-order valence-corrected chi connectivity index (χ2v) is 7.92. The minimum atomic E-state index is 0.0471. The standard InChI is InChI=1S/C20H19ClN2O.C9H12/c1-4-5-20(17-6-10-18(21)11-7-17)23-15(3)22-19-12-8-16(9-13-19)14(2)24;1-2-6-9-7-4-3-5-8-9/h4-13H,1H2,2-3H3,(H,22,23);3-5,7-8H,2,6H2,1H3/b20-5-;. The quantitative estimate of drug-likeness (QED) is 0.167. The molecule has 0 aliphatic rings. The zero-order chi connectivity index (χ0) is 24.1. The molecule has 3 rings (SSSR count). The molecule has 0 bridgehead atoms. The highest BCUT2D eigenvalue weighted by atomic mass is 35.5. The zero-order valence-electron chi connectivity index (χ0n) is 19.5. The van der Waals surface area contributed by atoms with E-state index in [4.69, 9.17) is 11.6 Å². The second kappa shape index (κ2) is 13.9. The maximum atomic E-state index is 11.3. The van der Waals surface area contributed by atoms with E-state index in [2.05, 4.69) is 54.1 Å². The highest BCUT2D eigenvalue weighted by Crippen LogP contribution is 2.20. The second-order valence-electron chi connectivity index (χ2n) is 7.49. The molecule has 0 aromatic heterocycles. The zero-order valence-corrected chi connectivity index (χ0v) is 20.3. The number of nitrogens with one attached hydrogen (secondary N) is 1. The van der Waals surface area contributed by atoms with Gasteiger partial charge >= 0.3 is 0 Å². The molecule has 0 heterocycles. The maximum Gasteiger partial charge on any atom is 0.159 e. The average molecular weight is 459 g/mol. The number of anilines is 1. The molecule has 0 unspecified atom stereocenters. The molecule has 0 radical (unpaired) electrons. The van der Waals surface area contributed by atoms with Crippen molar-refractivity contribution in [1.29, 1.82) is 0 Å². The Morgan fingerprint density at radius 3 is 2.09 bits per heavy atom. The fourth-order valence-corrected chi connectivity index (χ4v) is 3.20. The van der Waals surface area contributed by atoms with Crippen molar-refractivity contribution >= 4 is 34.6 Å². The molecule has 0 amide bonds. The average Bonchev–Trinajstić information content (AvgIpc) is 2.81. The minimum absolute atomic E-state index is 0.0471. The normalized spacial score (nSPS) is 11.3. The third kappa shape index (κ3) is 9.30. The lowest BCUT2D eigenvalue weighted by atomic mass is 10.1. The number of rotatable bonds is 7. The van der Waals surface area contributed by atoms with Gasteiger partial charge in [0.25, 0.3) is 0 Å². The van der Waals surface area contributed by atoms with Gasteiger partial charge in [0, 0.05) is 21.8 Å². The maximum absolute atomic E-state index is 11.3. The molecule has 0 saturated heterocycles. The lowest BCUT2D eigenvalue weighted by molar-refractivity contribution is 0.101. The summed E-state index contributed by atoms with van der Waals surface area (Å²) in [5.41, 5.74) is 4.73. The Hall–Kier alpha value is -3.43. The number of ketones is 1. The van der Waals surface area contributed by atoms with E-state index >= 15 is 0 Å². The molecule has 1 N–H and O–H groups in total. The molecule has 0 aliphatic heterocycles. The lowest BCUT2D eigenvalue weighted by Gasteiger charge is -2.08. The summed E-state index contributed by atoms with van der Waals surface area (Å²) in [6.07, 6.45) is 5.99. The van der Waals surface area contributed by atoms with Gasteiger partial charge in [-0.2, -0.15) is 0 Å². The topological polar surface area (TPSA) is 41.5 Å².